The number of thiazole rings is 1. The van der Waals surface area contributed by atoms with Crippen LogP contribution in [0.25, 0.3) is 10.6 Å². The Balaban J connectivity index is 1.51. The number of carbonyl (C=O) groups is 1. The molecule has 168 valence electrons. The van der Waals surface area contributed by atoms with Crippen LogP contribution in [0.15, 0.2) is 52.7 Å². The first-order valence-corrected chi connectivity index (χ1v) is 12.4. The fourth-order valence-electron chi connectivity index (χ4n) is 2.89. The lowest BCUT2D eigenvalue weighted by molar-refractivity contribution is -0.384. The molecule has 0 saturated carbocycles. The van der Waals surface area contributed by atoms with Gasteiger partial charge in [0.05, 0.1) is 21.9 Å². The molecule has 3 rings (SSSR count). The maximum absolute atomic E-state index is 12.2. The lowest BCUT2D eigenvalue weighted by Crippen LogP contribution is -2.30. The molecule has 0 spiro atoms. The van der Waals surface area contributed by atoms with Gasteiger partial charge in [-0.2, -0.15) is 0 Å². The minimum atomic E-state index is -3.55. The highest BCUT2D eigenvalue weighted by Crippen LogP contribution is 2.27. The first-order chi connectivity index (χ1) is 15.1. The van der Waals surface area contributed by atoms with E-state index >= 15 is 0 Å². The van der Waals surface area contributed by atoms with Crippen molar-refractivity contribution in [1.82, 2.24) is 10.3 Å². The van der Waals surface area contributed by atoms with Crippen LogP contribution in [0.5, 0.6) is 0 Å². The van der Waals surface area contributed by atoms with Gasteiger partial charge in [0.2, 0.25) is 5.91 Å². The minimum absolute atomic E-state index is 0.128. The maximum Gasteiger partial charge on any atom is 0.293 e. The molecule has 1 amide bonds. The third-order valence-corrected chi connectivity index (χ3v) is 6.60. The molecule has 11 heteroatoms. The van der Waals surface area contributed by atoms with Crippen molar-refractivity contribution in [1.29, 1.82) is 0 Å². The van der Waals surface area contributed by atoms with Gasteiger partial charge in [0.1, 0.15) is 10.7 Å². The lowest BCUT2D eigenvalue weighted by atomic mass is 10.2. The second kappa shape index (κ2) is 9.88. The van der Waals surface area contributed by atoms with E-state index < -0.39 is 14.8 Å². The van der Waals surface area contributed by atoms with Crippen molar-refractivity contribution in [3.05, 3.63) is 69.2 Å². The molecule has 3 aromatic rings. The molecule has 32 heavy (non-hydrogen) atoms. The van der Waals surface area contributed by atoms with Gasteiger partial charge in [-0.3, -0.25) is 14.9 Å². The predicted molar refractivity (Wildman–Crippen MR) is 124 cm³/mol. The summed E-state index contributed by atoms with van der Waals surface area (Å²) in [7, 11) is -3.55. The van der Waals surface area contributed by atoms with Gasteiger partial charge in [0, 0.05) is 36.4 Å². The number of nitrogens with zero attached hydrogens (tertiary/aromatic N) is 2. The zero-order chi connectivity index (χ0) is 23.3. The highest BCUT2D eigenvalue weighted by Gasteiger charge is 2.18. The van der Waals surface area contributed by atoms with Crippen LogP contribution in [0.2, 0.25) is 0 Å². The van der Waals surface area contributed by atoms with Gasteiger partial charge in [-0.25, -0.2) is 13.4 Å². The van der Waals surface area contributed by atoms with Crippen LogP contribution >= 0.6 is 11.3 Å². The van der Waals surface area contributed by atoms with Crippen LogP contribution in [0.4, 0.5) is 11.4 Å². The molecular formula is C21H22N4O5S2. The minimum Gasteiger partial charge on any atom is -0.378 e. The zero-order valence-electron chi connectivity index (χ0n) is 17.5. The van der Waals surface area contributed by atoms with E-state index in [1.54, 1.807) is 0 Å². The van der Waals surface area contributed by atoms with Crippen molar-refractivity contribution >= 4 is 38.5 Å². The normalized spacial score (nSPS) is 11.2. The van der Waals surface area contributed by atoms with Crippen LogP contribution in [0, 0.1) is 17.0 Å². The number of sulfone groups is 1. The molecule has 0 aliphatic carbocycles. The Labute approximate surface area is 189 Å². The van der Waals surface area contributed by atoms with E-state index in [2.05, 4.69) is 15.6 Å². The molecule has 9 nitrogen and oxygen atoms in total. The molecule has 0 unspecified atom stereocenters. The molecule has 0 aliphatic rings. The third-order valence-electron chi connectivity index (χ3n) is 4.55. The van der Waals surface area contributed by atoms with Crippen LogP contribution in [0.3, 0.4) is 0 Å². The number of hydrogen-bond donors (Lipinski definition) is 2. The van der Waals surface area contributed by atoms with Gasteiger partial charge in [-0.05, 0) is 19.1 Å². The summed E-state index contributed by atoms with van der Waals surface area (Å²) in [5.74, 6) is -0.213. The van der Waals surface area contributed by atoms with Crippen molar-refractivity contribution < 1.29 is 18.1 Å². The highest BCUT2D eigenvalue weighted by molar-refractivity contribution is 7.90. The standard InChI is InChI=1S/C21H22N4O5S2/c1-14-3-5-15(6-4-14)21-24-16(13-31-21)11-20(26)23-10-9-22-18-8-7-17(32(2,29)30)12-19(18)25(27)28/h3-8,12-13,22H,9-11H2,1-2H3,(H,23,26). The van der Waals surface area contributed by atoms with Crippen LogP contribution in [0.1, 0.15) is 11.3 Å². The van der Waals surface area contributed by atoms with E-state index in [9.17, 15) is 23.3 Å². The van der Waals surface area contributed by atoms with E-state index in [1.807, 2.05) is 36.6 Å². The average molecular weight is 475 g/mol. The Morgan fingerprint density at radius 1 is 1.16 bits per heavy atom. The van der Waals surface area contributed by atoms with Gasteiger partial charge in [0.25, 0.3) is 5.69 Å². The number of rotatable bonds is 9. The molecule has 2 N–H and O–H groups in total. The summed E-state index contributed by atoms with van der Waals surface area (Å²) in [6, 6.07) is 11.7. The Bertz CT molecular complexity index is 1240. The summed E-state index contributed by atoms with van der Waals surface area (Å²) < 4.78 is 23.2. The number of carbonyl (C=O) groups excluding carboxylic acids is 1. The van der Waals surface area contributed by atoms with E-state index in [0.29, 0.717) is 5.69 Å². The van der Waals surface area contributed by atoms with Crippen molar-refractivity contribution in [3.63, 3.8) is 0 Å². The molecular weight excluding hydrogens is 452 g/mol. The Morgan fingerprint density at radius 2 is 1.88 bits per heavy atom. The summed E-state index contributed by atoms with van der Waals surface area (Å²) in [5, 5.41) is 19.6. The summed E-state index contributed by atoms with van der Waals surface area (Å²) in [5.41, 5.74) is 2.67. The summed E-state index contributed by atoms with van der Waals surface area (Å²) in [6.45, 7) is 2.48. The van der Waals surface area contributed by atoms with Crippen LogP contribution in [-0.2, 0) is 21.1 Å². The number of hydrogen-bond acceptors (Lipinski definition) is 8. The molecule has 1 aromatic heterocycles. The fourth-order valence-corrected chi connectivity index (χ4v) is 4.35. The first-order valence-electron chi connectivity index (χ1n) is 9.64. The topological polar surface area (TPSA) is 131 Å². The number of benzene rings is 2. The van der Waals surface area contributed by atoms with Gasteiger partial charge in [-0.15, -0.1) is 11.3 Å². The number of nitrogens with one attached hydrogen (secondary N) is 2. The van der Waals surface area contributed by atoms with Gasteiger partial charge >= 0.3 is 0 Å². The summed E-state index contributed by atoms with van der Waals surface area (Å²) in [6.07, 6.45) is 1.12. The van der Waals surface area contributed by atoms with E-state index in [1.165, 1.54) is 23.5 Å². The van der Waals surface area contributed by atoms with Crippen LogP contribution in [-0.4, -0.2) is 43.6 Å². The fraction of sp³-hybridized carbons (Fsp3) is 0.238. The summed E-state index contributed by atoms with van der Waals surface area (Å²) >= 11 is 1.47. The molecule has 1 heterocycles. The third kappa shape index (κ3) is 6.11. The number of aryl methyl sites for hydroxylation is 1. The van der Waals surface area contributed by atoms with E-state index in [0.717, 1.165) is 28.5 Å². The second-order valence-corrected chi connectivity index (χ2v) is 10.0. The molecule has 0 saturated heterocycles. The van der Waals surface area contributed by atoms with E-state index in [-0.39, 0.29) is 41.7 Å². The van der Waals surface area contributed by atoms with Gasteiger partial charge in [0.15, 0.2) is 9.84 Å². The molecule has 0 radical (unpaired) electrons. The maximum atomic E-state index is 12.2. The smallest absolute Gasteiger partial charge is 0.293 e. The van der Waals surface area contributed by atoms with E-state index in [4.69, 9.17) is 0 Å². The first kappa shape index (κ1) is 23.4. The van der Waals surface area contributed by atoms with Crippen molar-refractivity contribution in [2.45, 2.75) is 18.2 Å². The van der Waals surface area contributed by atoms with Crippen molar-refractivity contribution in [3.8, 4) is 10.6 Å². The number of nitro benzene ring substituents is 1. The molecule has 0 aliphatic heterocycles. The van der Waals surface area contributed by atoms with Gasteiger partial charge in [-0.1, -0.05) is 29.8 Å². The largest absolute Gasteiger partial charge is 0.378 e. The van der Waals surface area contributed by atoms with Crippen LogP contribution < -0.4 is 10.6 Å². The SMILES string of the molecule is Cc1ccc(-c2nc(CC(=O)NCCNc3ccc(S(C)(=O)=O)cc3[N+](=O)[O-])cs2)cc1. The Morgan fingerprint density at radius 3 is 2.53 bits per heavy atom. The Kier molecular flexibility index (Phi) is 7.21. The van der Waals surface area contributed by atoms with Crippen molar-refractivity contribution in [2.75, 3.05) is 24.7 Å². The average Bonchev–Trinajstić information content (AvgIpc) is 3.19. The van der Waals surface area contributed by atoms with Crippen molar-refractivity contribution in [2.24, 2.45) is 0 Å². The predicted octanol–water partition coefficient (Wildman–Crippen LogP) is 3.20. The quantitative estimate of drug-likeness (QED) is 0.276. The molecule has 0 bridgehead atoms. The Hall–Kier alpha value is -3.31. The molecule has 0 fully saturated rings. The molecule has 0 atom stereocenters. The number of amides is 1. The highest BCUT2D eigenvalue weighted by atomic mass is 32.2. The lowest BCUT2D eigenvalue weighted by Gasteiger charge is -2.09. The van der Waals surface area contributed by atoms with Gasteiger partial charge < -0.3 is 10.6 Å². The number of nitro groups is 1. The summed E-state index contributed by atoms with van der Waals surface area (Å²) in [4.78, 5) is 27.2. The molecule has 2 aromatic carbocycles. The number of anilines is 1. The monoisotopic (exact) mass is 474 g/mol. The zero-order valence-corrected chi connectivity index (χ0v) is 19.1. The second-order valence-electron chi connectivity index (χ2n) is 7.17. The number of aromatic nitrogens is 1.